The van der Waals surface area contributed by atoms with Crippen LogP contribution in [0.15, 0.2) is 180 Å². The van der Waals surface area contributed by atoms with Crippen LogP contribution in [0.4, 0.5) is 17.1 Å². The molecule has 0 amide bonds. The average molecular weight is 654 g/mol. The van der Waals surface area contributed by atoms with Crippen molar-refractivity contribution in [2.75, 3.05) is 4.90 Å². The molecule has 1 aliphatic carbocycles. The number of nitrogens with zero attached hydrogens (tertiary/aromatic N) is 1. The first-order chi connectivity index (χ1) is 25.0. The average Bonchev–Trinajstić information content (AvgIpc) is 3.67. The fourth-order valence-electron chi connectivity index (χ4n) is 8.28. The first-order valence-corrected chi connectivity index (χ1v) is 17.7. The molecule has 1 aromatic heterocycles. The van der Waals surface area contributed by atoms with Gasteiger partial charge in [-0.1, -0.05) is 147 Å². The Bertz CT molecular complexity index is 2760. The Morgan fingerprint density at radius 1 is 0.451 bits per heavy atom. The molecule has 0 aliphatic heterocycles. The second-order valence-corrected chi connectivity index (χ2v) is 14.1. The third-order valence-corrected chi connectivity index (χ3v) is 10.8. The van der Waals surface area contributed by atoms with Crippen molar-refractivity contribution >= 4 is 49.8 Å². The van der Waals surface area contributed by atoms with Crippen LogP contribution in [0.2, 0.25) is 0 Å². The standard InChI is InChI=1S/C49H35NO/c1-49(2)43-20-12-11-19-40(43)41-26-25-38(31-44(41)49)50(37-23-21-33(22-24-37)32-13-5-3-6-14-32)45-28-27-39(34-15-7-4-8-16-34)47-42-29-35-17-9-10-18-36(35)30-46(42)51-48(45)47/h3-31H,1-2H3. The topological polar surface area (TPSA) is 16.4 Å². The lowest BCUT2D eigenvalue weighted by molar-refractivity contribution is 0.660. The molecule has 9 aromatic rings. The van der Waals surface area contributed by atoms with Crippen molar-refractivity contribution in [3.63, 3.8) is 0 Å². The number of furan rings is 1. The van der Waals surface area contributed by atoms with E-state index in [2.05, 4.69) is 195 Å². The van der Waals surface area contributed by atoms with E-state index in [9.17, 15) is 0 Å². The lowest BCUT2D eigenvalue weighted by atomic mass is 9.82. The lowest BCUT2D eigenvalue weighted by Crippen LogP contribution is -2.16. The molecule has 0 radical (unpaired) electrons. The van der Waals surface area contributed by atoms with E-state index < -0.39 is 0 Å². The number of hydrogen-bond acceptors (Lipinski definition) is 2. The first-order valence-electron chi connectivity index (χ1n) is 17.7. The van der Waals surface area contributed by atoms with Crippen molar-refractivity contribution in [1.82, 2.24) is 0 Å². The Morgan fingerprint density at radius 3 is 1.80 bits per heavy atom. The lowest BCUT2D eigenvalue weighted by Gasteiger charge is -2.28. The highest BCUT2D eigenvalue weighted by atomic mass is 16.3. The molecule has 0 N–H and O–H groups in total. The normalized spacial score (nSPS) is 13.1. The number of fused-ring (bicyclic) bond motifs is 7. The first kappa shape index (κ1) is 29.5. The van der Waals surface area contributed by atoms with E-state index in [4.69, 9.17) is 4.42 Å². The van der Waals surface area contributed by atoms with Crippen molar-refractivity contribution in [2.24, 2.45) is 0 Å². The Morgan fingerprint density at radius 2 is 1.04 bits per heavy atom. The highest BCUT2D eigenvalue weighted by molar-refractivity contribution is 6.19. The van der Waals surface area contributed by atoms with E-state index in [0.717, 1.165) is 44.6 Å². The molecule has 2 nitrogen and oxygen atoms in total. The molecule has 51 heavy (non-hydrogen) atoms. The third kappa shape index (κ3) is 4.64. The van der Waals surface area contributed by atoms with Crippen molar-refractivity contribution in [3.8, 4) is 33.4 Å². The predicted molar refractivity (Wildman–Crippen MR) is 214 cm³/mol. The maximum absolute atomic E-state index is 7.01. The van der Waals surface area contributed by atoms with Gasteiger partial charge >= 0.3 is 0 Å². The van der Waals surface area contributed by atoms with Gasteiger partial charge in [0.2, 0.25) is 0 Å². The molecule has 0 unspecified atom stereocenters. The summed E-state index contributed by atoms with van der Waals surface area (Å²) in [7, 11) is 0. The van der Waals surface area contributed by atoms with Crippen LogP contribution >= 0.6 is 0 Å². The number of anilines is 3. The van der Waals surface area contributed by atoms with Gasteiger partial charge in [-0.25, -0.2) is 0 Å². The zero-order valence-electron chi connectivity index (χ0n) is 28.6. The van der Waals surface area contributed by atoms with E-state index >= 15 is 0 Å². The molecule has 0 bridgehead atoms. The fourth-order valence-corrected chi connectivity index (χ4v) is 8.28. The molecule has 10 rings (SSSR count). The molecule has 1 heterocycles. The minimum Gasteiger partial charge on any atom is -0.454 e. The van der Waals surface area contributed by atoms with Gasteiger partial charge in [-0.15, -0.1) is 0 Å². The second-order valence-electron chi connectivity index (χ2n) is 14.1. The Hall–Kier alpha value is -6.38. The van der Waals surface area contributed by atoms with Gasteiger partial charge in [0.25, 0.3) is 0 Å². The molecule has 0 saturated heterocycles. The molecule has 2 heteroatoms. The summed E-state index contributed by atoms with van der Waals surface area (Å²) in [4.78, 5) is 2.38. The molecule has 0 atom stereocenters. The van der Waals surface area contributed by atoms with Gasteiger partial charge in [0.05, 0.1) is 5.69 Å². The Labute approximate surface area is 297 Å². The van der Waals surface area contributed by atoms with Crippen molar-refractivity contribution in [2.45, 2.75) is 19.3 Å². The van der Waals surface area contributed by atoms with Gasteiger partial charge in [-0.05, 0) is 97.7 Å². The van der Waals surface area contributed by atoms with Crippen molar-refractivity contribution in [3.05, 3.63) is 187 Å². The van der Waals surface area contributed by atoms with Gasteiger partial charge in [-0.3, -0.25) is 0 Å². The summed E-state index contributed by atoms with van der Waals surface area (Å²) in [5, 5.41) is 4.61. The molecule has 242 valence electrons. The molecule has 0 fully saturated rings. The molecule has 0 spiro atoms. The van der Waals surface area contributed by atoms with Crippen LogP contribution in [-0.2, 0) is 5.41 Å². The zero-order chi connectivity index (χ0) is 34.1. The quantitative estimate of drug-likeness (QED) is 0.184. The zero-order valence-corrected chi connectivity index (χ0v) is 28.6. The molecular weight excluding hydrogens is 619 g/mol. The SMILES string of the molecule is CC1(C)c2ccccc2-c2ccc(N(c3ccc(-c4ccccc4)cc3)c3ccc(-c4ccccc4)c4c3oc3cc5ccccc5cc34)cc21. The minimum atomic E-state index is -0.128. The smallest absolute Gasteiger partial charge is 0.160 e. The van der Waals surface area contributed by atoms with Crippen LogP contribution < -0.4 is 4.90 Å². The van der Waals surface area contributed by atoms with Crippen LogP contribution in [-0.4, -0.2) is 0 Å². The van der Waals surface area contributed by atoms with Crippen LogP contribution in [0, 0.1) is 0 Å². The summed E-state index contributed by atoms with van der Waals surface area (Å²) in [6.45, 7) is 4.69. The second kappa shape index (κ2) is 11.3. The Balaban J connectivity index is 1.24. The van der Waals surface area contributed by atoms with Gasteiger partial charge < -0.3 is 9.32 Å². The van der Waals surface area contributed by atoms with E-state index in [-0.39, 0.29) is 5.41 Å². The van der Waals surface area contributed by atoms with Crippen molar-refractivity contribution in [1.29, 1.82) is 0 Å². The van der Waals surface area contributed by atoms with Crippen molar-refractivity contribution < 1.29 is 4.42 Å². The van der Waals surface area contributed by atoms with Crippen LogP contribution in [0.25, 0.3) is 66.1 Å². The number of benzene rings is 8. The van der Waals surface area contributed by atoms with Crippen LogP contribution in [0.3, 0.4) is 0 Å². The van der Waals surface area contributed by atoms with Gasteiger partial charge in [0.15, 0.2) is 5.58 Å². The number of rotatable bonds is 5. The van der Waals surface area contributed by atoms with E-state index in [0.29, 0.717) is 0 Å². The molecule has 8 aromatic carbocycles. The predicted octanol–water partition coefficient (Wildman–Crippen LogP) is 13.8. The summed E-state index contributed by atoms with van der Waals surface area (Å²) in [5.41, 5.74) is 14.8. The fraction of sp³-hybridized carbons (Fsp3) is 0.0612. The summed E-state index contributed by atoms with van der Waals surface area (Å²) in [6, 6.07) is 63.5. The highest BCUT2D eigenvalue weighted by Gasteiger charge is 2.36. The van der Waals surface area contributed by atoms with E-state index in [1.54, 1.807) is 0 Å². The van der Waals surface area contributed by atoms with Crippen LogP contribution in [0.1, 0.15) is 25.0 Å². The summed E-state index contributed by atoms with van der Waals surface area (Å²) in [6.07, 6.45) is 0. The third-order valence-electron chi connectivity index (χ3n) is 10.8. The van der Waals surface area contributed by atoms with Gasteiger partial charge in [-0.2, -0.15) is 0 Å². The van der Waals surface area contributed by atoms with E-state index in [1.807, 2.05) is 0 Å². The maximum atomic E-state index is 7.01. The Kier molecular flexibility index (Phi) is 6.56. The maximum Gasteiger partial charge on any atom is 0.160 e. The molecule has 1 aliphatic rings. The van der Waals surface area contributed by atoms with Crippen LogP contribution in [0.5, 0.6) is 0 Å². The monoisotopic (exact) mass is 653 g/mol. The summed E-state index contributed by atoms with van der Waals surface area (Å²) < 4.78 is 7.01. The molecule has 0 saturated carbocycles. The number of hydrogen-bond donors (Lipinski definition) is 0. The highest BCUT2D eigenvalue weighted by Crippen LogP contribution is 2.52. The summed E-state index contributed by atoms with van der Waals surface area (Å²) >= 11 is 0. The van der Waals surface area contributed by atoms with Gasteiger partial charge in [0.1, 0.15) is 5.58 Å². The molecular formula is C49H35NO. The largest absolute Gasteiger partial charge is 0.454 e. The minimum absolute atomic E-state index is 0.128. The van der Waals surface area contributed by atoms with Gasteiger partial charge in [0, 0.05) is 27.6 Å². The summed E-state index contributed by atoms with van der Waals surface area (Å²) in [5.74, 6) is 0. The van der Waals surface area contributed by atoms with E-state index in [1.165, 1.54) is 49.7 Å².